The van der Waals surface area contributed by atoms with Crippen LogP contribution in [0.25, 0.3) is 0 Å². The fraction of sp³-hybridized carbons (Fsp3) is 1.00. The Bertz CT molecular complexity index is 464. The highest BCUT2D eigenvalue weighted by atomic mass is 32.2. The van der Waals surface area contributed by atoms with Crippen LogP contribution >= 0.6 is 0 Å². The van der Waals surface area contributed by atoms with Crippen molar-refractivity contribution in [1.29, 1.82) is 0 Å². The second-order valence-corrected chi connectivity index (χ2v) is 9.04. The fourth-order valence-electron chi connectivity index (χ4n) is 3.79. The van der Waals surface area contributed by atoms with Crippen LogP contribution in [-0.2, 0) is 10.2 Å². The molecule has 0 spiro atoms. The van der Waals surface area contributed by atoms with Gasteiger partial charge in [-0.3, -0.25) is 0 Å². The van der Waals surface area contributed by atoms with E-state index in [1.165, 1.54) is 12.8 Å². The van der Waals surface area contributed by atoms with Crippen molar-refractivity contribution in [3.05, 3.63) is 0 Å². The SMILES string of the molecule is CC1CC(C)N(S(=O)(=O)N2CCCCC2CNC2CC2)C1. The first-order valence-corrected chi connectivity index (χ1v) is 9.90. The van der Waals surface area contributed by atoms with E-state index in [1.807, 2.05) is 6.92 Å². The summed E-state index contributed by atoms with van der Waals surface area (Å²) in [5, 5.41) is 3.51. The predicted molar refractivity (Wildman–Crippen MR) is 84.2 cm³/mol. The topological polar surface area (TPSA) is 52.7 Å². The van der Waals surface area contributed by atoms with E-state index < -0.39 is 10.2 Å². The molecule has 0 aromatic carbocycles. The highest BCUT2D eigenvalue weighted by Gasteiger charge is 2.42. The molecule has 3 rings (SSSR count). The van der Waals surface area contributed by atoms with Crippen molar-refractivity contribution in [2.75, 3.05) is 19.6 Å². The number of nitrogens with zero attached hydrogens (tertiary/aromatic N) is 2. The zero-order valence-electron chi connectivity index (χ0n) is 13.3. The standard InChI is InChI=1S/C15H29N3O2S/c1-12-9-13(2)18(11-12)21(19,20)17-8-4-3-5-15(17)10-16-14-6-7-14/h12-16H,3-11H2,1-2H3. The van der Waals surface area contributed by atoms with Gasteiger partial charge >= 0.3 is 0 Å². The van der Waals surface area contributed by atoms with Crippen LogP contribution in [-0.4, -0.2) is 54.8 Å². The van der Waals surface area contributed by atoms with Crippen LogP contribution in [0, 0.1) is 5.92 Å². The zero-order valence-corrected chi connectivity index (χ0v) is 14.1. The molecule has 3 atom stereocenters. The Morgan fingerprint density at radius 3 is 2.48 bits per heavy atom. The Morgan fingerprint density at radius 1 is 1.10 bits per heavy atom. The minimum Gasteiger partial charge on any atom is -0.312 e. The minimum atomic E-state index is -3.29. The summed E-state index contributed by atoms with van der Waals surface area (Å²) in [7, 11) is -3.29. The first-order valence-electron chi connectivity index (χ1n) is 8.50. The number of hydrogen-bond acceptors (Lipinski definition) is 3. The van der Waals surface area contributed by atoms with Crippen molar-refractivity contribution in [2.24, 2.45) is 5.92 Å². The molecular formula is C15H29N3O2S. The molecule has 0 aromatic heterocycles. The maximum Gasteiger partial charge on any atom is 0.282 e. The molecule has 122 valence electrons. The number of nitrogens with one attached hydrogen (secondary N) is 1. The van der Waals surface area contributed by atoms with Crippen molar-refractivity contribution in [1.82, 2.24) is 13.9 Å². The first kappa shape index (κ1) is 15.7. The van der Waals surface area contributed by atoms with Crippen LogP contribution < -0.4 is 5.32 Å². The van der Waals surface area contributed by atoms with E-state index in [1.54, 1.807) is 8.61 Å². The summed E-state index contributed by atoms with van der Waals surface area (Å²) < 4.78 is 29.6. The number of piperidine rings is 1. The van der Waals surface area contributed by atoms with Crippen molar-refractivity contribution in [3.8, 4) is 0 Å². The molecule has 1 N–H and O–H groups in total. The van der Waals surface area contributed by atoms with Crippen molar-refractivity contribution in [2.45, 2.75) is 70.5 Å². The van der Waals surface area contributed by atoms with Crippen molar-refractivity contribution in [3.63, 3.8) is 0 Å². The smallest absolute Gasteiger partial charge is 0.282 e. The average Bonchev–Trinajstić information content (AvgIpc) is 3.20. The van der Waals surface area contributed by atoms with Gasteiger partial charge in [-0.15, -0.1) is 0 Å². The molecule has 0 amide bonds. The largest absolute Gasteiger partial charge is 0.312 e. The molecule has 2 aliphatic heterocycles. The zero-order chi connectivity index (χ0) is 15.0. The Morgan fingerprint density at radius 2 is 1.86 bits per heavy atom. The van der Waals surface area contributed by atoms with Gasteiger partial charge in [0.15, 0.2) is 0 Å². The van der Waals surface area contributed by atoms with Gasteiger partial charge in [-0.1, -0.05) is 13.3 Å². The molecule has 6 heteroatoms. The maximum atomic E-state index is 13.0. The lowest BCUT2D eigenvalue weighted by atomic mass is 10.1. The molecule has 0 bridgehead atoms. The van der Waals surface area contributed by atoms with Crippen LogP contribution in [0.1, 0.15) is 52.4 Å². The van der Waals surface area contributed by atoms with Gasteiger partial charge in [-0.2, -0.15) is 17.0 Å². The average molecular weight is 315 g/mol. The van der Waals surface area contributed by atoms with Gasteiger partial charge in [0.1, 0.15) is 0 Å². The molecule has 3 unspecified atom stereocenters. The Balaban J connectivity index is 1.71. The summed E-state index contributed by atoms with van der Waals surface area (Å²) in [6.07, 6.45) is 6.63. The molecule has 2 saturated heterocycles. The highest BCUT2D eigenvalue weighted by molar-refractivity contribution is 7.86. The summed E-state index contributed by atoms with van der Waals surface area (Å²) in [5.74, 6) is 0.475. The molecule has 21 heavy (non-hydrogen) atoms. The fourth-order valence-corrected chi connectivity index (χ4v) is 5.96. The third kappa shape index (κ3) is 3.44. The van der Waals surface area contributed by atoms with Gasteiger partial charge < -0.3 is 5.32 Å². The van der Waals surface area contributed by atoms with E-state index >= 15 is 0 Å². The van der Waals surface area contributed by atoms with Crippen LogP contribution in [0.15, 0.2) is 0 Å². The molecule has 1 saturated carbocycles. The van der Waals surface area contributed by atoms with Gasteiger partial charge in [-0.05, 0) is 44.9 Å². The second kappa shape index (κ2) is 6.14. The van der Waals surface area contributed by atoms with Gasteiger partial charge in [0, 0.05) is 37.8 Å². The van der Waals surface area contributed by atoms with E-state index in [2.05, 4.69) is 12.2 Å². The lowest BCUT2D eigenvalue weighted by Gasteiger charge is -2.38. The minimum absolute atomic E-state index is 0.143. The Labute approximate surface area is 129 Å². The maximum absolute atomic E-state index is 13.0. The molecule has 0 aromatic rings. The van der Waals surface area contributed by atoms with Crippen LogP contribution in [0.5, 0.6) is 0 Å². The van der Waals surface area contributed by atoms with Gasteiger partial charge in [0.25, 0.3) is 10.2 Å². The quantitative estimate of drug-likeness (QED) is 0.838. The normalized spacial score (nSPS) is 36.2. The summed E-state index contributed by atoms with van der Waals surface area (Å²) >= 11 is 0. The van der Waals surface area contributed by atoms with E-state index in [0.717, 1.165) is 32.2 Å². The molecule has 3 fully saturated rings. The van der Waals surface area contributed by atoms with Gasteiger partial charge in [0.2, 0.25) is 0 Å². The molecular weight excluding hydrogens is 286 g/mol. The van der Waals surface area contributed by atoms with E-state index in [9.17, 15) is 8.42 Å². The lowest BCUT2D eigenvalue weighted by molar-refractivity contribution is 0.224. The Hall–Kier alpha value is -0.170. The van der Waals surface area contributed by atoms with Gasteiger partial charge in [-0.25, -0.2) is 0 Å². The lowest BCUT2D eigenvalue weighted by Crippen LogP contribution is -2.54. The number of rotatable bonds is 5. The summed E-state index contributed by atoms with van der Waals surface area (Å²) in [5.41, 5.74) is 0. The van der Waals surface area contributed by atoms with Crippen LogP contribution in [0.2, 0.25) is 0 Å². The molecule has 2 heterocycles. The second-order valence-electron chi connectivity index (χ2n) is 7.21. The molecule has 0 radical (unpaired) electrons. The van der Waals surface area contributed by atoms with E-state index in [0.29, 0.717) is 25.0 Å². The molecule has 3 aliphatic rings. The first-order chi connectivity index (χ1) is 9.98. The van der Waals surface area contributed by atoms with E-state index in [4.69, 9.17) is 0 Å². The Kier molecular flexibility index (Phi) is 4.60. The summed E-state index contributed by atoms with van der Waals surface area (Å²) in [4.78, 5) is 0. The van der Waals surface area contributed by atoms with Crippen molar-refractivity contribution < 1.29 is 8.42 Å². The van der Waals surface area contributed by atoms with Crippen molar-refractivity contribution >= 4 is 10.2 Å². The summed E-state index contributed by atoms with van der Waals surface area (Å²) in [6.45, 7) is 6.39. The van der Waals surface area contributed by atoms with E-state index in [-0.39, 0.29) is 12.1 Å². The molecule has 5 nitrogen and oxygen atoms in total. The van der Waals surface area contributed by atoms with Gasteiger partial charge in [0.05, 0.1) is 0 Å². The monoisotopic (exact) mass is 315 g/mol. The van der Waals surface area contributed by atoms with Crippen LogP contribution in [0.4, 0.5) is 0 Å². The summed E-state index contributed by atoms with van der Waals surface area (Å²) in [6, 6.07) is 0.929. The van der Waals surface area contributed by atoms with Crippen LogP contribution in [0.3, 0.4) is 0 Å². The number of hydrogen-bond donors (Lipinski definition) is 1. The third-order valence-electron chi connectivity index (χ3n) is 5.11. The predicted octanol–water partition coefficient (Wildman–Crippen LogP) is 1.57. The third-order valence-corrected chi connectivity index (χ3v) is 7.29. The molecule has 1 aliphatic carbocycles. The highest BCUT2D eigenvalue weighted by Crippen LogP contribution is 2.30.